The molecule has 20 heavy (non-hydrogen) atoms. The van der Waals surface area contributed by atoms with Gasteiger partial charge in [-0.1, -0.05) is 15.9 Å². The Bertz CT molecular complexity index is 412. The predicted octanol–water partition coefficient (Wildman–Crippen LogP) is 2.91. The van der Waals surface area contributed by atoms with E-state index in [-0.39, 0.29) is 29.8 Å². The Hall–Kier alpha value is -0.410. The Morgan fingerprint density at radius 1 is 1.35 bits per heavy atom. The van der Waals surface area contributed by atoms with Crippen LogP contribution in [0.2, 0.25) is 0 Å². The SMILES string of the molecule is CCNC(=NCc1cc(F)cc(Br)c1)NCCOC.I. The number of nitrogens with one attached hydrogen (secondary N) is 2. The van der Waals surface area contributed by atoms with Crippen LogP contribution in [0, 0.1) is 5.82 Å². The smallest absolute Gasteiger partial charge is 0.191 e. The highest BCUT2D eigenvalue weighted by molar-refractivity contribution is 14.0. The summed E-state index contributed by atoms with van der Waals surface area (Å²) in [6.07, 6.45) is 0. The molecule has 0 bridgehead atoms. The maximum atomic E-state index is 13.2. The van der Waals surface area contributed by atoms with Crippen LogP contribution in [0.1, 0.15) is 12.5 Å². The highest BCUT2D eigenvalue weighted by Gasteiger charge is 2.00. The largest absolute Gasteiger partial charge is 0.383 e. The molecule has 1 aromatic rings. The molecule has 0 saturated heterocycles. The molecule has 0 radical (unpaired) electrons. The van der Waals surface area contributed by atoms with E-state index in [1.807, 2.05) is 13.0 Å². The summed E-state index contributed by atoms with van der Waals surface area (Å²) in [5.41, 5.74) is 0.816. The summed E-state index contributed by atoms with van der Waals surface area (Å²) < 4.78 is 18.9. The third-order valence-corrected chi connectivity index (χ3v) is 2.74. The van der Waals surface area contributed by atoms with Crippen LogP contribution >= 0.6 is 39.9 Å². The molecule has 0 fully saturated rings. The molecule has 0 aliphatic rings. The van der Waals surface area contributed by atoms with E-state index in [0.717, 1.165) is 16.6 Å². The quantitative estimate of drug-likeness (QED) is 0.297. The second-order valence-corrected chi connectivity index (χ2v) is 4.81. The first kappa shape index (κ1) is 19.6. The van der Waals surface area contributed by atoms with Gasteiger partial charge >= 0.3 is 0 Å². The first-order valence-electron chi connectivity index (χ1n) is 6.11. The fourth-order valence-electron chi connectivity index (χ4n) is 1.49. The van der Waals surface area contributed by atoms with Gasteiger partial charge in [-0.05, 0) is 30.7 Å². The zero-order valence-electron chi connectivity index (χ0n) is 11.6. The normalized spacial score (nSPS) is 10.9. The number of guanidine groups is 1. The number of aliphatic imine (C=N–C) groups is 1. The number of halogens is 3. The lowest BCUT2D eigenvalue weighted by Crippen LogP contribution is -2.38. The second-order valence-electron chi connectivity index (χ2n) is 3.89. The van der Waals surface area contributed by atoms with Crippen molar-refractivity contribution in [2.75, 3.05) is 26.8 Å². The van der Waals surface area contributed by atoms with Crippen molar-refractivity contribution in [2.24, 2.45) is 4.99 Å². The fourth-order valence-corrected chi connectivity index (χ4v) is 2.00. The van der Waals surface area contributed by atoms with Gasteiger partial charge in [-0.15, -0.1) is 24.0 Å². The van der Waals surface area contributed by atoms with Crippen molar-refractivity contribution in [1.29, 1.82) is 0 Å². The summed E-state index contributed by atoms with van der Waals surface area (Å²) in [7, 11) is 1.65. The molecule has 114 valence electrons. The van der Waals surface area contributed by atoms with Crippen LogP contribution in [-0.2, 0) is 11.3 Å². The summed E-state index contributed by atoms with van der Waals surface area (Å²) in [5.74, 6) is 0.428. The lowest BCUT2D eigenvalue weighted by atomic mass is 10.2. The van der Waals surface area contributed by atoms with Crippen LogP contribution in [-0.4, -0.2) is 32.8 Å². The number of rotatable bonds is 6. The van der Waals surface area contributed by atoms with Gasteiger partial charge in [0.1, 0.15) is 5.82 Å². The summed E-state index contributed by atoms with van der Waals surface area (Å²) in [5, 5.41) is 6.25. The van der Waals surface area contributed by atoms with E-state index >= 15 is 0 Å². The van der Waals surface area contributed by atoms with Crippen LogP contribution in [0.25, 0.3) is 0 Å². The lowest BCUT2D eigenvalue weighted by Gasteiger charge is -2.10. The van der Waals surface area contributed by atoms with Gasteiger partial charge in [-0.3, -0.25) is 0 Å². The molecule has 0 saturated carbocycles. The molecule has 0 spiro atoms. The molecule has 0 aliphatic carbocycles. The van der Waals surface area contributed by atoms with Crippen molar-refractivity contribution in [1.82, 2.24) is 10.6 Å². The summed E-state index contributed by atoms with van der Waals surface area (Å²) in [6, 6.07) is 4.76. The molecular formula is C13H20BrFIN3O. The van der Waals surface area contributed by atoms with Gasteiger partial charge in [0, 0.05) is 24.7 Å². The number of benzene rings is 1. The molecule has 0 heterocycles. The number of nitrogens with zero attached hydrogens (tertiary/aromatic N) is 1. The predicted molar refractivity (Wildman–Crippen MR) is 94.2 cm³/mol. The van der Waals surface area contributed by atoms with Crippen LogP contribution in [0.5, 0.6) is 0 Å². The third kappa shape index (κ3) is 8.01. The minimum absolute atomic E-state index is 0. The van der Waals surface area contributed by atoms with Crippen LogP contribution in [0.15, 0.2) is 27.7 Å². The first-order valence-corrected chi connectivity index (χ1v) is 6.91. The van der Waals surface area contributed by atoms with Gasteiger partial charge in [0.25, 0.3) is 0 Å². The van der Waals surface area contributed by atoms with E-state index in [1.54, 1.807) is 7.11 Å². The number of methoxy groups -OCH3 is 1. The molecule has 0 aromatic heterocycles. The number of ether oxygens (including phenoxy) is 1. The highest BCUT2D eigenvalue weighted by Crippen LogP contribution is 2.15. The molecule has 1 rings (SSSR count). The van der Waals surface area contributed by atoms with Crippen LogP contribution in [0.3, 0.4) is 0 Å². The van der Waals surface area contributed by atoms with Crippen molar-refractivity contribution in [3.8, 4) is 0 Å². The molecule has 1 aromatic carbocycles. The molecule has 0 unspecified atom stereocenters. The van der Waals surface area contributed by atoms with Gasteiger partial charge in [-0.25, -0.2) is 9.38 Å². The van der Waals surface area contributed by atoms with E-state index in [4.69, 9.17) is 4.74 Å². The maximum Gasteiger partial charge on any atom is 0.191 e. The summed E-state index contributed by atoms with van der Waals surface area (Å²) in [4.78, 5) is 4.39. The Morgan fingerprint density at radius 3 is 2.70 bits per heavy atom. The molecule has 2 N–H and O–H groups in total. The van der Waals surface area contributed by atoms with Gasteiger partial charge in [0.15, 0.2) is 5.96 Å². The minimum atomic E-state index is -0.267. The Balaban J connectivity index is 0.00000361. The average Bonchev–Trinajstić information content (AvgIpc) is 2.35. The Morgan fingerprint density at radius 2 is 2.10 bits per heavy atom. The maximum absolute atomic E-state index is 13.2. The van der Waals surface area contributed by atoms with E-state index in [9.17, 15) is 4.39 Å². The fraction of sp³-hybridized carbons (Fsp3) is 0.462. The van der Waals surface area contributed by atoms with Gasteiger partial charge in [0.05, 0.1) is 13.2 Å². The highest BCUT2D eigenvalue weighted by atomic mass is 127. The van der Waals surface area contributed by atoms with Crippen LogP contribution < -0.4 is 10.6 Å². The molecular weight excluding hydrogens is 440 g/mol. The molecule has 0 aliphatic heterocycles. The zero-order chi connectivity index (χ0) is 14.1. The van der Waals surface area contributed by atoms with E-state index in [0.29, 0.717) is 25.7 Å². The molecule has 0 amide bonds. The summed E-state index contributed by atoms with van der Waals surface area (Å²) >= 11 is 3.27. The van der Waals surface area contributed by atoms with Gasteiger partial charge in [-0.2, -0.15) is 0 Å². The Kier molecular flexibility index (Phi) is 11.0. The molecule has 0 atom stereocenters. The molecule has 7 heteroatoms. The average molecular weight is 460 g/mol. The lowest BCUT2D eigenvalue weighted by molar-refractivity contribution is 0.203. The van der Waals surface area contributed by atoms with Crippen molar-refractivity contribution < 1.29 is 9.13 Å². The monoisotopic (exact) mass is 459 g/mol. The topological polar surface area (TPSA) is 45.7 Å². The number of hydrogen-bond acceptors (Lipinski definition) is 2. The zero-order valence-corrected chi connectivity index (χ0v) is 15.5. The van der Waals surface area contributed by atoms with E-state index in [1.165, 1.54) is 12.1 Å². The van der Waals surface area contributed by atoms with Gasteiger partial charge < -0.3 is 15.4 Å². The standard InChI is InChI=1S/C13H19BrFN3O.HI/c1-3-16-13(17-4-5-19-2)18-9-10-6-11(14)8-12(15)7-10;/h6-8H,3-5,9H2,1-2H3,(H2,16,17,18);1H. The van der Waals surface area contributed by atoms with Crippen LogP contribution in [0.4, 0.5) is 4.39 Å². The van der Waals surface area contributed by atoms with E-state index in [2.05, 4.69) is 31.6 Å². The summed E-state index contributed by atoms with van der Waals surface area (Å²) in [6.45, 7) is 4.46. The minimum Gasteiger partial charge on any atom is -0.383 e. The Labute approximate surface area is 144 Å². The number of hydrogen-bond donors (Lipinski definition) is 2. The van der Waals surface area contributed by atoms with E-state index < -0.39 is 0 Å². The van der Waals surface area contributed by atoms with Crippen molar-refractivity contribution in [3.05, 3.63) is 34.1 Å². The van der Waals surface area contributed by atoms with Gasteiger partial charge in [0.2, 0.25) is 0 Å². The third-order valence-electron chi connectivity index (χ3n) is 2.28. The van der Waals surface area contributed by atoms with Crippen molar-refractivity contribution >= 4 is 45.9 Å². The second kappa shape index (κ2) is 11.3. The first-order chi connectivity index (χ1) is 9.15. The van der Waals surface area contributed by atoms with Crippen molar-refractivity contribution in [3.63, 3.8) is 0 Å². The van der Waals surface area contributed by atoms with Crippen molar-refractivity contribution in [2.45, 2.75) is 13.5 Å². The molecule has 4 nitrogen and oxygen atoms in total.